The molecule has 4 nitrogen and oxygen atoms in total. The zero-order valence-electron chi connectivity index (χ0n) is 9.33. The summed E-state index contributed by atoms with van der Waals surface area (Å²) in [5.74, 6) is -1.11. The molecule has 2 rings (SSSR count). The number of piperazine rings is 1. The quantitative estimate of drug-likeness (QED) is 0.678. The molecule has 16 heavy (non-hydrogen) atoms. The molecule has 1 aromatic carbocycles. The summed E-state index contributed by atoms with van der Waals surface area (Å²) in [7, 11) is 0. The average molecular weight is 218 g/mol. The summed E-state index contributed by atoms with van der Waals surface area (Å²) >= 11 is 0. The molecule has 1 fully saturated rings. The van der Waals surface area contributed by atoms with Gasteiger partial charge in [-0.05, 0) is 25.0 Å². The summed E-state index contributed by atoms with van der Waals surface area (Å²) in [5.41, 5.74) is 3.37. The Labute approximate surface area is 94.0 Å². The normalized spacial score (nSPS) is 20.2. The lowest BCUT2D eigenvalue weighted by Gasteiger charge is -2.25. The van der Waals surface area contributed by atoms with Crippen molar-refractivity contribution in [1.82, 2.24) is 10.6 Å². The van der Waals surface area contributed by atoms with Crippen molar-refractivity contribution in [1.29, 1.82) is 0 Å². The van der Waals surface area contributed by atoms with E-state index in [-0.39, 0.29) is 6.04 Å². The molecule has 0 spiro atoms. The van der Waals surface area contributed by atoms with Crippen molar-refractivity contribution in [3.8, 4) is 0 Å². The van der Waals surface area contributed by atoms with Crippen LogP contribution < -0.4 is 10.6 Å². The van der Waals surface area contributed by atoms with Gasteiger partial charge in [-0.1, -0.05) is 23.8 Å². The first-order valence-electron chi connectivity index (χ1n) is 5.24. The van der Waals surface area contributed by atoms with Crippen LogP contribution in [0, 0.1) is 13.8 Å². The van der Waals surface area contributed by atoms with E-state index in [1.54, 1.807) is 0 Å². The fraction of sp³-hybridized carbons (Fsp3) is 0.333. The van der Waals surface area contributed by atoms with Crippen LogP contribution in [0.1, 0.15) is 22.7 Å². The minimum atomic E-state index is -0.559. The van der Waals surface area contributed by atoms with Gasteiger partial charge in [0.1, 0.15) is 0 Å². The van der Waals surface area contributed by atoms with Crippen LogP contribution in [0.2, 0.25) is 0 Å². The largest absolute Gasteiger partial charge is 0.345 e. The molecule has 0 aromatic heterocycles. The van der Waals surface area contributed by atoms with E-state index in [9.17, 15) is 9.59 Å². The van der Waals surface area contributed by atoms with E-state index in [1.165, 1.54) is 5.56 Å². The lowest BCUT2D eigenvalue weighted by Crippen LogP contribution is -2.51. The number of nitrogens with one attached hydrogen (secondary N) is 2. The number of amides is 2. The maximum Gasteiger partial charge on any atom is 0.309 e. The number of carbonyl (C=O) groups excluding carboxylic acids is 2. The summed E-state index contributed by atoms with van der Waals surface area (Å²) in [4.78, 5) is 22.2. The molecule has 0 radical (unpaired) electrons. The third kappa shape index (κ3) is 1.91. The van der Waals surface area contributed by atoms with Crippen molar-refractivity contribution in [3.63, 3.8) is 0 Å². The molecule has 2 amide bonds. The molecule has 1 aromatic rings. The molecule has 0 aliphatic carbocycles. The first kappa shape index (κ1) is 10.7. The smallest absolute Gasteiger partial charge is 0.309 e. The van der Waals surface area contributed by atoms with E-state index >= 15 is 0 Å². The highest BCUT2D eigenvalue weighted by Crippen LogP contribution is 2.19. The third-order valence-electron chi connectivity index (χ3n) is 2.78. The highest BCUT2D eigenvalue weighted by Gasteiger charge is 2.26. The Balaban J connectivity index is 2.25. The first-order valence-corrected chi connectivity index (χ1v) is 5.24. The molecule has 1 atom stereocenters. The van der Waals surface area contributed by atoms with E-state index in [0.717, 1.165) is 11.1 Å². The van der Waals surface area contributed by atoms with Crippen LogP contribution >= 0.6 is 0 Å². The molecule has 1 aliphatic heterocycles. The Kier molecular flexibility index (Phi) is 2.64. The van der Waals surface area contributed by atoms with Crippen LogP contribution in [0.15, 0.2) is 18.2 Å². The summed E-state index contributed by atoms with van der Waals surface area (Å²) < 4.78 is 0. The molecular formula is C12H14N2O2. The fourth-order valence-electron chi connectivity index (χ4n) is 1.95. The second kappa shape index (κ2) is 3.96. The van der Waals surface area contributed by atoms with Crippen molar-refractivity contribution in [2.75, 3.05) is 6.54 Å². The van der Waals surface area contributed by atoms with E-state index < -0.39 is 11.8 Å². The molecular weight excluding hydrogens is 204 g/mol. The Morgan fingerprint density at radius 1 is 1.19 bits per heavy atom. The van der Waals surface area contributed by atoms with E-state index in [4.69, 9.17) is 0 Å². The van der Waals surface area contributed by atoms with Crippen LogP contribution in [0.4, 0.5) is 0 Å². The summed E-state index contributed by atoms with van der Waals surface area (Å²) in [5, 5.41) is 5.26. The SMILES string of the molecule is Cc1ccc(C2CNC(=O)C(=O)N2)c(C)c1. The van der Waals surface area contributed by atoms with Crippen molar-refractivity contribution >= 4 is 11.8 Å². The van der Waals surface area contributed by atoms with Crippen LogP contribution in [0.25, 0.3) is 0 Å². The number of rotatable bonds is 1. The van der Waals surface area contributed by atoms with Gasteiger partial charge in [0.05, 0.1) is 6.04 Å². The standard InChI is InChI=1S/C12H14N2O2/c1-7-3-4-9(8(2)5-7)10-6-13-11(15)12(16)14-10/h3-5,10H,6H2,1-2H3,(H,13,15)(H,14,16). The van der Waals surface area contributed by atoms with Gasteiger partial charge in [-0.15, -0.1) is 0 Å². The Morgan fingerprint density at radius 3 is 2.56 bits per heavy atom. The molecule has 0 bridgehead atoms. The van der Waals surface area contributed by atoms with Gasteiger partial charge in [0, 0.05) is 6.54 Å². The monoisotopic (exact) mass is 218 g/mol. The Morgan fingerprint density at radius 2 is 1.94 bits per heavy atom. The first-order chi connectivity index (χ1) is 7.58. The van der Waals surface area contributed by atoms with Gasteiger partial charge < -0.3 is 10.6 Å². The van der Waals surface area contributed by atoms with Crippen LogP contribution in [0.5, 0.6) is 0 Å². The maximum atomic E-state index is 11.2. The molecule has 1 heterocycles. The van der Waals surface area contributed by atoms with Crippen LogP contribution in [0.3, 0.4) is 0 Å². The predicted octanol–water partition coefficient (Wildman–Crippen LogP) is 0.591. The average Bonchev–Trinajstić information content (AvgIpc) is 2.22. The lowest BCUT2D eigenvalue weighted by atomic mass is 9.98. The third-order valence-corrected chi connectivity index (χ3v) is 2.78. The zero-order valence-corrected chi connectivity index (χ0v) is 9.33. The Hall–Kier alpha value is -1.84. The van der Waals surface area contributed by atoms with Gasteiger partial charge in [-0.2, -0.15) is 0 Å². The summed E-state index contributed by atoms with van der Waals surface area (Å²) in [6, 6.07) is 5.95. The number of aryl methyl sites for hydroxylation is 2. The number of hydrogen-bond acceptors (Lipinski definition) is 2. The van der Waals surface area contributed by atoms with Crippen molar-refractivity contribution in [2.45, 2.75) is 19.9 Å². The highest BCUT2D eigenvalue weighted by molar-refractivity contribution is 6.35. The van der Waals surface area contributed by atoms with Crippen LogP contribution in [-0.4, -0.2) is 18.4 Å². The van der Waals surface area contributed by atoms with Crippen LogP contribution in [-0.2, 0) is 9.59 Å². The molecule has 84 valence electrons. The molecule has 0 saturated carbocycles. The molecule has 4 heteroatoms. The minimum Gasteiger partial charge on any atom is -0.345 e. The Bertz CT molecular complexity index is 454. The number of benzene rings is 1. The van der Waals surface area contributed by atoms with E-state index in [2.05, 4.69) is 16.7 Å². The van der Waals surface area contributed by atoms with Gasteiger partial charge in [0.2, 0.25) is 0 Å². The van der Waals surface area contributed by atoms with Crippen molar-refractivity contribution < 1.29 is 9.59 Å². The molecule has 1 unspecified atom stereocenters. The molecule has 2 N–H and O–H groups in total. The minimum absolute atomic E-state index is 0.120. The second-order valence-corrected chi connectivity index (χ2v) is 4.10. The fourth-order valence-corrected chi connectivity index (χ4v) is 1.95. The topological polar surface area (TPSA) is 58.2 Å². The van der Waals surface area contributed by atoms with E-state index in [0.29, 0.717) is 6.54 Å². The molecule has 1 aliphatic rings. The number of hydrogen-bond donors (Lipinski definition) is 2. The van der Waals surface area contributed by atoms with Crippen molar-refractivity contribution in [2.24, 2.45) is 0 Å². The number of carbonyl (C=O) groups is 2. The van der Waals surface area contributed by atoms with Gasteiger partial charge in [-0.3, -0.25) is 9.59 Å². The maximum absolute atomic E-state index is 11.2. The van der Waals surface area contributed by atoms with Gasteiger partial charge in [0.15, 0.2) is 0 Å². The molecule has 1 saturated heterocycles. The zero-order chi connectivity index (χ0) is 11.7. The lowest BCUT2D eigenvalue weighted by molar-refractivity contribution is -0.141. The van der Waals surface area contributed by atoms with E-state index in [1.807, 2.05) is 26.0 Å². The van der Waals surface area contributed by atoms with Gasteiger partial charge in [-0.25, -0.2) is 0 Å². The predicted molar refractivity (Wildman–Crippen MR) is 59.8 cm³/mol. The van der Waals surface area contributed by atoms with Crippen molar-refractivity contribution in [3.05, 3.63) is 34.9 Å². The van der Waals surface area contributed by atoms with Gasteiger partial charge in [0.25, 0.3) is 0 Å². The highest BCUT2D eigenvalue weighted by atomic mass is 16.2. The summed E-state index contributed by atoms with van der Waals surface area (Å²) in [6.07, 6.45) is 0. The van der Waals surface area contributed by atoms with Gasteiger partial charge >= 0.3 is 11.8 Å². The second-order valence-electron chi connectivity index (χ2n) is 4.10. The summed E-state index contributed by atoms with van der Waals surface area (Å²) in [6.45, 7) is 4.48.